The summed E-state index contributed by atoms with van der Waals surface area (Å²) in [6.45, 7) is 2.83. The summed E-state index contributed by atoms with van der Waals surface area (Å²) in [4.78, 5) is 28.6. The van der Waals surface area contributed by atoms with Crippen LogP contribution in [0.25, 0.3) is 0 Å². The second-order valence-electron chi connectivity index (χ2n) is 4.53. The summed E-state index contributed by atoms with van der Waals surface area (Å²) in [7, 11) is 1.58. The Bertz CT molecular complexity index is 725. The van der Waals surface area contributed by atoms with E-state index in [1.54, 1.807) is 36.8 Å². The SMILES string of the molecule is COc1ccc(N(C(C)=O)c2nc(/C=N\NC(C)=O)cs2)cc1. The quantitative estimate of drug-likeness (QED) is 0.672. The Morgan fingerprint density at radius 2 is 2.00 bits per heavy atom. The maximum Gasteiger partial charge on any atom is 0.236 e. The first-order valence-corrected chi connectivity index (χ1v) is 7.59. The zero-order chi connectivity index (χ0) is 16.8. The molecule has 0 bridgehead atoms. The van der Waals surface area contributed by atoms with Gasteiger partial charge in [0.25, 0.3) is 0 Å². The molecule has 0 atom stereocenters. The van der Waals surface area contributed by atoms with Crippen LogP contribution in [-0.2, 0) is 9.59 Å². The third-order valence-electron chi connectivity index (χ3n) is 2.77. The number of benzene rings is 1. The van der Waals surface area contributed by atoms with Crippen molar-refractivity contribution in [3.8, 4) is 5.75 Å². The normalized spacial score (nSPS) is 10.6. The number of methoxy groups -OCH3 is 1. The molecule has 0 radical (unpaired) electrons. The fourth-order valence-electron chi connectivity index (χ4n) is 1.79. The van der Waals surface area contributed by atoms with Crippen molar-refractivity contribution in [3.05, 3.63) is 35.3 Å². The highest BCUT2D eigenvalue weighted by Gasteiger charge is 2.17. The summed E-state index contributed by atoms with van der Waals surface area (Å²) in [6, 6.07) is 7.12. The summed E-state index contributed by atoms with van der Waals surface area (Å²) in [5.41, 5.74) is 3.55. The molecule has 0 saturated carbocycles. The van der Waals surface area contributed by atoms with Crippen molar-refractivity contribution in [3.63, 3.8) is 0 Å². The zero-order valence-electron chi connectivity index (χ0n) is 12.9. The average Bonchev–Trinajstić information content (AvgIpc) is 2.96. The molecule has 1 aromatic heterocycles. The minimum atomic E-state index is -0.264. The number of thiazole rings is 1. The Hall–Kier alpha value is -2.74. The highest BCUT2D eigenvalue weighted by Crippen LogP contribution is 2.29. The lowest BCUT2D eigenvalue weighted by atomic mass is 10.3. The second kappa shape index (κ2) is 7.50. The lowest BCUT2D eigenvalue weighted by Gasteiger charge is -2.18. The summed E-state index contributed by atoms with van der Waals surface area (Å²) < 4.78 is 5.11. The van der Waals surface area contributed by atoms with Crippen LogP contribution in [0.5, 0.6) is 5.75 Å². The molecule has 1 heterocycles. The van der Waals surface area contributed by atoms with Gasteiger partial charge in [0, 0.05) is 19.2 Å². The Morgan fingerprint density at radius 3 is 2.57 bits per heavy atom. The molecule has 0 aliphatic rings. The number of anilines is 2. The van der Waals surface area contributed by atoms with E-state index in [1.165, 1.54) is 36.3 Å². The monoisotopic (exact) mass is 332 g/mol. The van der Waals surface area contributed by atoms with Crippen LogP contribution in [0.1, 0.15) is 19.5 Å². The molecule has 0 fully saturated rings. The van der Waals surface area contributed by atoms with Crippen LogP contribution in [0, 0.1) is 0 Å². The molecule has 2 amide bonds. The predicted octanol–water partition coefficient (Wildman–Crippen LogP) is 2.31. The molecule has 2 aromatic rings. The molecule has 120 valence electrons. The first-order chi connectivity index (χ1) is 11.0. The molecule has 1 N–H and O–H groups in total. The van der Waals surface area contributed by atoms with Crippen molar-refractivity contribution in [1.29, 1.82) is 0 Å². The zero-order valence-corrected chi connectivity index (χ0v) is 13.8. The molecule has 23 heavy (non-hydrogen) atoms. The van der Waals surface area contributed by atoms with Gasteiger partial charge in [-0.05, 0) is 24.3 Å². The van der Waals surface area contributed by atoms with E-state index in [-0.39, 0.29) is 11.8 Å². The van der Waals surface area contributed by atoms with Gasteiger partial charge in [-0.3, -0.25) is 14.5 Å². The number of ether oxygens (including phenoxy) is 1. The molecule has 7 nitrogen and oxygen atoms in total. The number of hydrogen-bond acceptors (Lipinski definition) is 6. The van der Waals surface area contributed by atoms with Gasteiger partial charge >= 0.3 is 0 Å². The van der Waals surface area contributed by atoms with Gasteiger partial charge in [-0.2, -0.15) is 5.10 Å². The van der Waals surface area contributed by atoms with Gasteiger partial charge in [-0.15, -0.1) is 11.3 Å². The van der Waals surface area contributed by atoms with Crippen LogP contribution in [0.3, 0.4) is 0 Å². The molecule has 0 saturated heterocycles. The number of hydrazone groups is 1. The van der Waals surface area contributed by atoms with Gasteiger partial charge < -0.3 is 4.74 Å². The Labute approximate surface area is 137 Å². The van der Waals surface area contributed by atoms with Crippen LogP contribution in [-0.4, -0.2) is 30.1 Å². The summed E-state index contributed by atoms with van der Waals surface area (Å²) in [5, 5.41) is 6.02. The van der Waals surface area contributed by atoms with E-state index >= 15 is 0 Å². The lowest BCUT2D eigenvalue weighted by Crippen LogP contribution is -2.22. The Morgan fingerprint density at radius 1 is 1.30 bits per heavy atom. The van der Waals surface area contributed by atoms with Crippen molar-refractivity contribution in [2.24, 2.45) is 5.10 Å². The van der Waals surface area contributed by atoms with E-state index in [2.05, 4.69) is 15.5 Å². The standard InChI is InChI=1S/C15H16N4O3S/c1-10(20)18-16-8-12-9-23-15(17-12)19(11(2)21)13-4-6-14(22-3)7-5-13/h4-9H,1-3H3,(H,18,20)/b16-8-. The predicted molar refractivity (Wildman–Crippen MR) is 89.3 cm³/mol. The summed E-state index contributed by atoms with van der Waals surface area (Å²) in [6.07, 6.45) is 1.42. The van der Waals surface area contributed by atoms with E-state index in [0.29, 0.717) is 22.3 Å². The van der Waals surface area contributed by atoms with Crippen LogP contribution < -0.4 is 15.1 Å². The highest BCUT2D eigenvalue weighted by molar-refractivity contribution is 7.14. The van der Waals surface area contributed by atoms with E-state index in [4.69, 9.17) is 4.74 Å². The molecular weight excluding hydrogens is 316 g/mol. The minimum absolute atomic E-state index is 0.158. The number of aromatic nitrogens is 1. The van der Waals surface area contributed by atoms with Crippen LogP contribution in [0.2, 0.25) is 0 Å². The first kappa shape index (κ1) is 16.6. The van der Waals surface area contributed by atoms with Crippen molar-refractivity contribution >= 4 is 40.2 Å². The fraction of sp³-hybridized carbons (Fsp3) is 0.200. The van der Waals surface area contributed by atoms with Gasteiger partial charge in [0.1, 0.15) is 5.75 Å². The molecule has 0 spiro atoms. The first-order valence-electron chi connectivity index (χ1n) is 6.71. The molecule has 0 aliphatic heterocycles. The van der Waals surface area contributed by atoms with E-state index < -0.39 is 0 Å². The third kappa shape index (κ3) is 4.36. The molecule has 0 unspecified atom stereocenters. The molecule has 1 aromatic carbocycles. The lowest BCUT2D eigenvalue weighted by molar-refractivity contribution is -0.119. The summed E-state index contributed by atoms with van der Waals surface area (Å²) in [5.74, 6) is 0.287. The van der Waals surface area contributed by atoms with Crippen LogP contribution >= 0.6 is 11.3 Å². The van der Waals surface area contributed by atoms with Gasteiger partial charge in [0.05, 0.1) is 24.7 Å². The number of nitrogens with one attached hydrogen (secondary N) is 1. The van der Waals surface area contributed by atoms with Crippen molar-refractivity contribution in [2.75, 3.05) is 12.0 Å². The number of hydrogen-bond donors (Lipinski definition) is 1. The molecule has 0 aliphatic carbocycles. The van der Waals surface area contributed by atoms with Gasteiger partial charge in [0.2, 0.25) is 11.8 Å². The number of carbonyl (C=O) groups is 2. The largest absolute Gasteiger partial charge is 0.497 e. The number of nitrogens with zero attached hydrogens (tertiary/aromatic N) is 3. The maximum absolute atomic E-state index is 12.0. The smallest absolute Gasteiger partial charge is 0.236 e. The van der Waals surface area contributed by atoms with E-state index in [9.17, 15) is 9.59 Å². The number of amides is 2. The number of rotatable bonds is 5. The molecule has 2 rings (SSSR count). The second-order valence-corrected chi connectivity index (χ2v) is 5.37. The van der Waals surface area contributed by atoms with Crippen molar-refractivity contribution < 1.29 is 14.3 Å². The topological polar surface area (TPSA) is 83.9 Å². The summed E-state index contributed by atoms with van der Waals surface area (Å²) >= 11 is 1.31. The van der Waals surface area contributed by atoms with E-state index in [0.717, 1.165) is 0 Å². The van der Waals surface area contributed by atoms with Gasteiger partial charge in [-0.1, -0.05) is 0 Å². The van der Waals surface area contributed by atoms with Gasteiger partial charge in [-0.25, -0.2) is 10.4 Å². The molecule has 8 heteroatoms. The average molecular weight is 332 g/mol. The van der Waals surface area contributed by atoms with Crippen molar-refractivity contribution in [1.82, 2.24) is 10.4 Å². The maximum atomic E-state index is 12.0. The minimum Gasteiger partial charge on any atom is -0.497 e. The van der Waals surface area contributed by atoms with Crippen molar-refractivity contribution in [2.45, 2.75) is 13.8 Å². The van der Waals surface area contributed by atoms with Gasteiger partial charge in [0.15, 0.2) is 5.13 Å². The van der Waals surface area contributed by atoms with Crippen LogP contribution in [0.4, 0.5) is 10.8 Å². The highest BCUT2D eigenvalue weighted by atomic mass is 32.1. The number of carbonyl (C=O) groups excluding carboxylic acids is 2. The molecular formula is C15H16N4O3S. The van der Waals surface area contributed by atoms with Crippen LogP contribution in [0.15, 0.2) is 34.7 Å². The van der Waals surface area contributed by atoms with E-state index in [1.807, 2.05) is 0 Å². The fourth-order valence-corrected chi connectivity index (χ4v) is 2.62. The Balaban J connectivity index is 2.24. The Kier molecular flexibility index (Phi) is 5.42. The third-order valence-corrected chi connectivity index (χ3v) is 3.61.